The first-order chi connectivity index (χ1) is 11.4. The van der Waals surface area contributed by atoms with Gasteiger partial charge in [0, 0.05) is 32.6 Å². The van der Waals surface area contributed by atoms with Gasteiger partial charge < -0.3 is 10.6 Å². The van der Waals surface area contributed by atoms with Crippen LogP contribution in [-0.4, -0.2) is 34.7 Å². The zero-order valence-corrected chi connectivity index (χ0v) is 14.0. The summed E-state index contributed by atoms with van der Waals surface area (Å²) in [6.45, 7) is 4.10. The summed E-state index contributed by atoms with van der Waals surface area (Å²) < 4.78 is 15.0. The monoisotopic (exact) mass is 332 g/mol. The molecule has 6 nitrogen and oxygen atoms in total. The maximum Gasteiger partial charge on any atom is 0.271 e. The second kappa shape index (κ2) is 7.72. The van der Waals surface area contributed by atoms with E-state index in [1.54, 1.807) is 36.9 Å². The molecular weight excluding hydrogens is 311 g/mol. The van der Waals surface area contributed by atoms with Gasteiger partial charge in [0.2, 0.25) is 5.91 Å². The van der Waals surface area contributed by atoms with Gasteiger partial charge in [-0.25, -0.2) is 4.39 Å². The van der Waals surface area contributed by atoms with Crippen molar-refractivity contribution in [2.24, 2.45) is 7.05 Å². The van der Waals surface area contributed by atoms with Crippen LogP contribution in [0.2, 0.25) is 0 Å². The third-order valence-corrected chi connectivity index (χ3v) is 3.58. The van der Waals surface area contributed by atoms with E-state index in [1.165, 1.54) is 13.0 Å². The molecule has 7 heteroatoms. The van der Waals surface area contributed by atoms with Crippen molar-refractivity contribution in [1.82, 2.24) is 20.4 Å². The Kier molecular flexibility index (Phi) is 5.68. The van der Waals surface area contributed by atoms with Crippen molar-refractivity contribution in [1.29, 1.82) is 0 Å². The predicted octanol–water partition coefficient (Wildman–Crippen LogP) is 1.79. The number of hydrogen-bond acceptors (Lipinski definition) is 3. The zero-order valence-electron chi connectivity index (χ0n) is 14.0. The van der Waals surface area contributed by atoms with Gasteiger partial charge in [0.05, 0.1) is 5.69 Å². The van der Waals surface area contributed by atoms with E-state index in [0.717, 1.165) is 11.3 Å². The number of carbonyl (C=O) groups excluding carboxylic acids is 2. The summed E-state index contributed by atoms with van der Waals surface area (Å²) in [5.41, 5.74) is 2.38. The van der Waals surface area contributed by atoms with Crippen molar-refractivity contribution in [3.63, 3.8) is 0 Å². The topological polar surface area (TPSA) is 76.0 Å². The lowest BCUT2D eigenvalue weighted by atomic mass is 10.1. The summed E-state index contributed by atoms with van der Waals surface area (Å²) in [7, 11) is 1.74. The molecule has 0 saturated carbocycles. The normalized spacial score (nSPS) is 10.5. The van der Waals surface area contributed by atoms with E-state index in [-0.39, 0.29) is 17.6 Å². The number of hydrogen-bond donors (Lipinski definition) is 2. The van der Waals surface area contributed by atoms with Gasteiger partial charge in [-0.2, -0.15) is 5.10 Å². The number of halogens is 1. The first kappa shape index (κ1) is 17.7. The minimum Gasteiger partial charge on any atom is -0.356 e. The molecule has 2 rings (SSSR count). The molecule has 0 bridgehead atoms. The minimum absolute atomic E-state index is 0.0923. The molecule has 24 heavy (non-hydrogen) atoms. The summed E-state index contributed by atoms with van der Waals surface area (Å²) in [6, 6.07) is 6.46. The molecule has 0 aliphatic heterocycles. The number of rotatable bonds is 6. The van der Waals surface area contributed by atoms with E-state index in [0.29, 0.717) is 30.8 Å². The van der Waals surface area contributed by atoms with Gasteiger partial charge in [-0.1, -0.05) is 0 Å². The fraction of sp³-hybridized carbons (Fsp3) is 0.353. The van der Waals surface area contributed by atoms with E-state index in [9.17, 15) is 14.0 Å². The van der Waals surface area contributed by atoms with Crippen molar-refractivity contribution in [3.05, 3.63) is 41.3 Å². The molecule has 1 aromatic carbocycles. The van der Waals surface area contributed by atoms with E-state index >= 15 is 0 Å². The standard InChI is InChI=1S/C17H21FN4O2/c1-11-9-13(5-6-14(11)18)16-10-15(21-22(16)3)17(24)20-8-4-7-19-12(2)23/h5-6,9-10H,4,7-8H2,1-3H3,(H,19,23)(H,20,24). The predicted molar refractivity (Wildman–Crippen MR) is 89.0 cm³/mol. The SMILES string of the molecule is CC(=O)NCCCNC(=O)c1cc(-c2ccc(F)c(C)c2)n(C)n1. The quantitative estimate of drug-likeness (QED) is 0.792. The molecule has 2 aromatic rings. The second-order valence-corrected chi connectivity index (χ2v) is 5.59. The van der Waals surface area contributed by atoms with Gasteiger partial charge in [0.1, 0.15) is 5.82 Å². The first-order valence-corrected chi connectivity index (χ1v) is 7.71. The molecule has 0 aliphatic carbocycles. The summed E-state index contributed by atoms with van der Waals surface area (Å²) in [5.74, 6) is -0.637. The molecule has 0 spiro atoms. The Hall–Kier alpha value is -2.70. The van der Waals surface area contributed by atoms with Crippen molar-refractivity contribution in [2.45, 2.75) is 20.3 Å². The molecule has 1 heterocycles. The van der Waals surface area contributed by atoms with Gasteiger partial charge in [-0.05, 0) is 43.2 Å². The van der Waals surface area contributed by atoms with Crippen molar-refractivity contribution >= 4 is 11.8 Å². The Morgan fingerprint density at radius 2 is 1.92 bits per heavy atom. The molecule has 2 N–H and O–H groups in total. The molecule has 0 atom stereocenters. The van der Waals surface area contributed by atoms with Crippen LogP contribution in [0.3, 0.4) is 0 Å². The molecule has 128 valence electrons. The van der Waals surface area contributed by atoms with Crippen LogP contribution in [-0.2, 0) is 11.8 Å². The first-order valence-electron chi connectivity index (χ1n) is 7.71. The van der Waals surface area contributed by atoms with Crippen LogP contribution in [0.5, 0.6) is 0 Å². The fourth-order valence-corrected chi connectivity index (χ4v) is 2.30. The third-order valence-electron chi connectivity index (χ3n) is 3.58. The highest BCUT2D eigenvalue weighted by atomic mass is 19.1. The van der Waals surface area contributed by atoms with Crippen LogP contribution in [0, 0.1) is 12.7 Å². The Morgan fingerprint density at radius 3 is 2.58 bits per heavy atom. The summed E-state index contributed by atoms with van der Waals surface area (Å²) in [5, 5.41) is 9.63. The molecule has 1 aromatic heterocycles. The Balaban J connectivity index is 2.01. The van der Waals surface area contributed by atoms with E-state index in [2.05, 4.69) is 15.7 Å². The molecular formula is C17H21FN4O2. The average Bonchev–Trinajstić information content (AvgIpc) is 2.91. The van der Waals surface area contributed by atoms with Gasteiger partial charge >= 0.3 is 0 Å². The second-order valence-electron chi connectivity index (χ2n) is 5.59. The van der Waals surface area contributed by atoms with Crippen LogP contribution < -0.4 is 10.6 Å². The molecule has 0 radical (unpaired) electrons. The lowest BCUT2D eigenvalue weighted by Gasteiger charge is -2.03. The number of aryl methyl sites for hydroxylation is 2. The summed E-state index contributed by atoms with van der Waals surface area (Å²) in [6.07, 6.45) is 0.641. The molecule has 2 amide bonds. The van der Waals surface area contributed by atoms with E-state index < -0.39 is 0 Å². The van der Waals surface area contributed by atoms with Gasteiger partial charge in [-0.3, -0.25) is 14.3 Å². The highest BCUT2D eigenvalue weighted by molar-refractivity contribution is 5.93. The van der Waals surface area contributed by atoms with E-state index in [4.69, 9.17) is 0 Å². The van der Waals surface area contributed by atoms with Gasteiger partial charge in [-0.15, -0.1) is 0 Å². The molecule has 0 aliphatic rings. The maximum absolute atomic E-state index is 13.4. The Morgan fingerprint density at radius 1 is 1.21 bits per heavy atom. The number of carbonyl (C=O) groups is 2. The average molecular weight is 332 g/mol. The Labute approximate surface area is 140 Å². The van der Waals surface area contributed by atoms with Gasteiger partial charge in [0.25, 0.3) is 5.91 Å². The van der Waals surface area contributed by atoms with Crippen LogP contribution in [0.1, 0.15) is 29.4 Å². The van der Waals surface area contributed by atoms with Crippen molar-refractivity contribution in [2.75, 3.05) is 13.1 Å². The number of amides is 2. The number of nitrogens with one attached hydrogen (secondary N) is 2. The fourth-order valence-electron chi connectivity index (χ4n) is 2.30. The largest absolute Gasteiger partial charge is 0.356 e. The Bertz CT molecular complexity index is 755. The smallest absolute Gasteiger partial charge is 0.271 e. The molecule has 0 unspecified atom stereocenters. The van der Waals surface area contributed by atoms with Crippen LogP contribution in [0.4, 0.5) is 4.39 Å². The highest BCUT2D eigenvalue weighted by Gasteiger charge is 2.14. The zero-order chi connectivity index (χ0) is 17.7. The van der Waals surface area contributed by atoms with Crippen LogP contribution >= 0.6 is 0 Å². The minimum atomic E-state index is -0.279. The molecule has 0 fully saturated rings. The van der Waals surface area contributed by atoms with Crippen molar-refractivity contribution < 1.29 is 14.0 Å². The number of benzene rings is 1. The summed E-state index contributed by atoms with van der Waals surface area (Å²) >= 11 is 0. The maximum atomic E-state index is 13.4. The van der Waals surface area contributed by atoms with Crippen LogP contribution in [0.25, 0.3) is 11.3 Å². The lowest BCUT2D eigenvalue weighted by Crippen LogP contribution is -2.29. The third kappa shape index (κ3) is 4.41. The van der Waals surface area contributed by atoms with E-state index in [1.807, 2.05) is 0 Å². The number of nitrogens with zero attached hydrogens (tertiary/aromatic N) is 2. The molecule has 0 saturated heterocycles. The van der Waals surface area contributed by atoms with Crippen molar-refractivity contribution in [3.8, 4) is 11.3 Å². The summed E-state index contributed by atoms with van der Waals surface area (Å²) in [4.78, 5) is 22.9. The number of aromatic nitrogens is 2. The highest BCUT2D eigenvalue weighted by Crippen LogP contribution is 2.22. The van der Waals surface area contributed by atoms with Gasteiger partial charge in [0.15, 0.2) is 5.69 Å². The lowest BCUT2D eigenvalue weighted by molar-refractivity contribution is -0.118. The van der Waals surface area contributed by atoms with Crippen LogP contribution in [0.15, 0.2) is 24.3 Å².